The van der Waals surface area contributed by atoms with Crippen LogP contribution in [0.5, 0.6) is 0 Å². The lowest BCUT2D eigenvalue weighted by Gasteiger charge is -2.34. The van der Waals surface area contributed by atoms with E-state index >= 15 is 0 Å². The number of hydrogen-bond donors (Lipinski definition) is 1. The number of rotatable bonds is 4. The Morgan fingerprint density at radius 3 is 2.61 bits per heavy atom. The lowest BCUT2D eigenvalue weighted by atomic mass is 9.92. The van der Waals surface area contributed by atoms with E-state index in [9.17, 15) is 4.79 Å². The molecule has 1 N–H and O–H groups in total. The molecule has 1 aliphatic heterocycles. The molecule has 2 rings (SSSR count). The Labute approximate surface area is 141 Å². The lowest BCUT2D eigenvalue weighted by molar-refractivity contribution is 0.0167. The highest BCUT2D eigenvalue weighted by Crippen LogP contribution is 2.36. The van der Waals surface area contributed by atoms with Crippen LogP contribution in [0.2, 0.25) is 0 Å². The summed E-state index contributed by atoms with van der Waals surface area (Å²) in [4.78, 5) is 14.5. The van der Waals surface area contributed by atoms with E-state index in [4.69, 9.17) is 4.74 Å². The molecule has 23 heavy (non-hydrogen) atoms. The predicted octanol–water partition coefficient (Wildman–Crippen LogP) is 4.11. The Kier molecular flexibility index (Phi) is 6.12. The highest BCUT2D eigenvalue weighted by molar-refractivity contribution is 5.69. The molecule has 2 fully saturated rings. The molecule has 1 heterocycles. The third-order valence-corrected chi connectivity index (χ3v) is 4.88. The minimum absolute atomic E-state index is 0.130. The largest absolute Gasteiger partial charge is 0.444 e. The molecule has 1 saturated heterocycles. The van der Waals surface area contributed by atoms with Crippen LogP contribution in [0.3, 0.4) is 0 Å². The summed E-state index contributed by atoms with van der Waals surface area (Å²) in [5, 5.41) is 3.69. The maximum Gasteiger partial charge on any atom is 0.410 e. The Hall–Kier alpha value is -1.03. The predicted molar refractivity (Wildman–Crippen MR) is 94.5 cm³/mol. The molecule has 132 valence electrons. The number of hydrogen-bond acceptors (Lipinski definition) is 3. The smallest absolute Gasteiger partial charge is 0.410 e. The monoisotopic (exact) mass is 322 g/mol. The SMILES string of the molecule is CC(C)=CCNC1CCCC1C1CCCN1C(=O)OC(C)(C)C. The second-order valence-corrected chi connectivity index (χ2v) is 8.27. The summed E-state index contributed by atoms with van der Waals surface area (Å²) in [7, 11) is 0. The molecule has 3 atom stereocenters. The van der Waals surface area contributed by atoms with Crippen molar-refractivity contribution in [1.29, 1.82) is 0 Å². The van der Waals surface area contributed by atoms with Gasteiger partial charge in [-0.2, -0.15) is 0 Å². The number of nitrogens with zero attached hydrogens (tertiary/aromatic N) is 1. The first-order valence-corrected chi connectivity index (χ1v) is 9.14. The van der Waals surface area contributed by atoms with Gasteiger partial charge in [0, 0.05) is 25.2 Å². The van der Waals surface area contributed by atoms with E-state index in [0.717, 1.165) is 25.9 Å². The maximum absolute atomic E-state index is 12.5. The van der Waals surface area contributed by atoms with Crippen LogP contribution in [-0.4, -0.2) is 41.8 Å². The van der Waals surface area contributed by atoms with Gasteiger partial charge in [-0.15, -0.1) is 0 Å². The number of nitrogens with one attached hydrogen (secondary N) is 1. The van der Waals surface area contributed by atoms with Crippen LogP contribution < -0.4 is 5.32 Å². The molecule has 0 bridgehead atoms. The van der Waals surface area contributed by atoms with E-state index in [-0.39, 0.29) is 6.09 Å². The van der Waals surface area contributed by atoms with E-state index in [0.29, 0.717) is 18.0 Å². The lowest BCUT2D eigenvalue weighted by Crippen LogP contribution is -2.47. The number of likely N-dealkylation sites (tertiary alicyclic amines) is 1. The molecular weight excluding hydrogens is 288 g/mol. The summed E-state index contributed by atoms with van der Waals surface area (Å²) in [6, 6.07) is 0.871. The van der Waals surface area contributed by atoms with Crippen LogP contribution in [0.4, 0.5) is 4.79 Å². The number of ether oxygens (including phenoxy) is 1. The number of carbonyl (C=O) groups excluding carboxylic acids is 1. The molecular formula is C19H34N2O2. The van der Waals surface area contributed by atoms with Gasteiger partial charge >= 0.3 is 6.09 Å². The molecule has 0 aromatic heterocycles. The fourth-order valence-corrected chi connectivity index (χ4v) is 3.90. The van der Waals surface area contributed by atoms with Gasteiger partial charge in [0.15, 0.2) is 0 Å². The van der Waals surface area contributed by atoms with Gasteiger partial charge in [0.1, 0.15) is 5.60 Å². The highest BCUT2D eigenvalue weighted by atomic mass is 16.6. The zero-order valence-corrected chi connectivity index (χ0v) is 15.5. The van der Waals surface area contributed by atoms with Gasteiger partial charge in [-0.3, -0.25) is 0 Å². The molecule has 4 heteroatoms. The summed E-state index contributed by atoms with van der Waals surface area (Å²) < 4.78 is 5.62. The van der Waals surface area contributed by atoms with E-state index in [1.54, 1.807) is 0 Å². The van der Waals surface area contributed by atoms with Crippen LogP contribution in [0.1, 0.15) is 66.7 Å². The van der Waals surface area contributed by atoms with E-state index in [2.05, 4.69) is 25.2 Å². The zero-order chi connectivity index (χ0) is 17.0. The Morgan fingerprint density at radius 1 is 1.22 bits per heavy atom. The summed E-state index contributed by atoms with van der Waals surface area (Å²) in [5.74, 6) is 0.565. The Morgan fingerprint density at radius 2 is 1.96 bits per heavy atom. The molecule has 0 radical (unpaired) electrons. The van der Waals surface area contributed by atoms with Crippen molar-refractivity contribution >= 4 is 6.09 Å². The van der Waals surface area contributed by atoms with Crippen molar-refractivity contribution in [3.63, 3.8) is 0 Å². The molecule has 1 saturated carbocycles. The number of carbonyl (C=O) groups is 1. The van der Waals surface area contributed by atoms with Crippen LogP contribution >= 0.6 is 0 Å². The molecule has 0 aromatic carbocycles. The van der Waals surface area contributed by atoms with Crippen molar-refractivity contribution in [2.75, 3.05) is 13.1 Å². The number of allylic oxidation sites excluding steroid dienone is 1. The van der Waals surface area contributed by atoms with Crippen molar-refractivity contribution in [3.8, 4) is 0 Å². The van der Waals surface area contributed by atoms with Crippen LogP contribution in [0, 0.1) is 5.92 Å². The molecule has 0 spiro atoms. The van der Waals surface area contributed by atoms with Gasteiger partial charge in [0.2, 0.25) is 0 Å². The van der Waals surface area contributed by atoms with E-state index in [1.807, 2.05) is 25.7 Å². The molecule has 1 aliphatic carbocycles. The molecule has 2 aliphatic rings. The second kappa shape index (κ2) is 7.69. The molecule has 4 nitrogen and oxygen atoms in total. The quantitative estimate of drug-likeness (QED) is 0.792. The summed E-state index contributed by atoms with van der Waals surface area (Å²) >= 11 is 0. The first kappa shape index (κ1) is 18.3. The van der Waals surface area contributed by atoms with Gasteiger partial charge in [0.05, 0.1) is 0 Å². The minimum Gasteiger partial charge on any atom is -0.444 e. The topological polar surface area (TPSA) is 41.6 Å². The van der Waals surface area contributed by atoms with Gasteiger partial charge < -0.3 is 15.0 Å². The van der Waals surface area contributed by atoms with Crippen molar-refractivity contribution in [2.45, 2.75) is 84.4 Å². The third-order valence-electron chi connectivity index (χ3n) is 4.88. The van der Waals surface area contributed by atoms with Gasteiger partial charge in [-0.25, -0.2) is 4.79 Å². The van der Waals surface area contributed by atoms with Crippen molar-refractivity contribution in [3.05, 3.63) is 11.6 Å². The van der Waals surface area contributed by atoms with E-state index < -0.39 is 5.60 Å². The van der Waals surface area contributed by atoms with E-state index in [1.165, 1.54) is 24.8 Å². The van der Waals surface area contributed by atoms with Crippen molar-refractivity contribution in [1.82, 2.24) is 10.2 Å². The molecule has 3 unspecified atom stereocenters. The zero-order valence-electron chi connectivity index (χ0n) is 15.5. The standard InChI is InChI=1S/C19H34N2O2/c1-14(2)11-12-20-16-9-6-8-15(16)17-10-7-13-21(17)18(22)23-19(3,4)5/h11,15-17,20H,6-10,12-13H2,1-5H3. The van der Waals surface area contributed by atoms with Gasteiger partial charge in [0.25, 0.3) is 0 Å². The Bertz CT molecular complexity index is 435. The van der Waals surface area contributed by atoms with Crippen LogP contribution in [-0.2, 0) is 4.74 Å². The summed E-state index contributed by atoms with van der Waals surface area (Å²) in [6.45, 7) is 11.9. The fourth-order valence-electron chi connectivity index (χ4n) is 3.90. The molecule has 0 aromatic rings. The first-order chi connectivity index (χ1) is 10.8. The minimum atomic E-state index is -0.416. The Balaban J connectivity index is 1.97. The summed E-state index contributed by atoms with van der Waals surface area (Å²) in [5.41, 5.74) is 0.935. The van der Waals surface area contributed by atoms with Crippen molar-refractivity contribution < 1.29 is 9.53 Å². The second-order valence-electron chi connectivity index (χ2n) is 8.27. The normalized spacial score (nSPS) is 28.0. The average Bonchev–Trinajstić information content (AvgIpc) is 3.03. The van der Waals surface area contributed by atoms with Crippen LogP contribution in [0.15, 0.2) is 11.6 Å². The number of amides is 1. The first-order valence-electron chi connectivity index (χ1n) is 9.14. The van der Waals surface area contributed by atoms with Crippen LogP contribution in [0.25, 0.3) is 0 Å². The molecule has 1 amide bonds. The highest BCUT2D eigenvalue weighted by Gasteiger charge is 2.41. The maximum atomic E-state index is 12.5. The average molecular weight is 322 g/mol. The third kappa shape index (κ3) is 5.23. The van der Waals surface area contributed by atoms with Gasteiger partial charge in [-0.05, 0) is 66.2 Å². The van der Waals surface area contributed by atoms with Crippen molar-refractivity contribution in [2.24, 2.45) is 5.92 Å². The fraction of sp³-hybridized carbons (Fsp3) is 0.842. The van der Waals surface area contributed by atoms with Gasteiger partial charge in [-0.1, -0.05) is 18.1 Å². The summed E-state index contributed by atoms with van der Waals surface area (Å²) in [6.07, 6.45) is 8.03.